The maximum atomic E-state index is 12.3. The summed E-state index contributed by atoms with van der Waals surface area (Å²) in [4.78, 5) is 13.8. The van der Waals surface area contributed by atoms with Crippen LogP contribution in [0, 0.1) is 0 Å². The number of rotatable bonds is 1. The molecule has 0 aromatic heterocycles. The highest BCUT2D eigenvalue weighted by molar-refractivity contribution is 8.05. The maximum Gasteiger partial charge on any atom is 0.202 e. The van der Waals surface area contributed by atoms with Crippen LogP contribution in [-0.4, -0.2) is 5.78 Å². The first-order valence-corrected chi connectivity index (χ1v) is 6.66. The normalized spacial score (nSPS) is 16.3. The minimum Gasteiger partial charge on any atom is -0.398 e. The van der Waals surface area contributed by atoms with Gasteiger partial charge in [-0.3, -0.25) is 4.79 Å². The fourth-order valence-corrected chi connectivity index (χ4v) is 3.12. The number of fused-ring (bicyclic) bond motifs is 1. The summed E-state index contributed by atoms with van der Waals surface area (Å²) in [5.74, 6) is -0.0265. The number of hydrogen-bond donors (Lipinski definition) is 2. The number of para-hydroxylation sites is 1. The quantitative estimate of drug-likeness (QED) is 0.616. The number of thioether (sulfide) groups is 1. The highest BCUT2D eigenvalue weighted by Gasteiger charge is 2.28. The lowest BCUT2D eigenvalue weighted by Gasteiger charge is -2.07. The highest BCUT2D eigenvalue weighted by atomic mass is 32.2. The zero-order chi connectivity index (χ0) is 13.4. The molecule has 1 aliphatic rings. The van der Waals surface area contributed by atoms with Crippen molar-refractivity contribution in [1.82, 2.24) is 0 Å². The van der Waals surface area contributed by atoms with E-state index >= 15 is 0 Å². The zero-order valence-corrected chi connectivity index (χ0v) is 10.9. The molecule has 0 radical (unpaired) electrons. The van der Waals surface area contributed by atoms with Crippen molar-refractivity contribution in [3.8, 4) is 0 Å². The number of nitrogens with two attached hydrogens (primary N) is 2. The molecule has 0 saturated carbocycles. The molecule has 1 aliphatic heterocycles. The number of nitrogen functional groups attached to an aromatic ring is 1. The number of Topliss-reactive ketones (excluding diaryl/α,β-unsaturated/α-hetero) is 1. The van der Waals surface area contributed by atoms with Gasteiger partial charge in [-0.2, -0.15) is 0 Å². The van der Waals surface area contributed by atoms with Crippen LogP contribution < -0.4 is 11.5 Å². The minimum atomic E-state index is -0.0265. The van der Waals surface area contributed by atoms with Crippen molar-refractivity contribution < 1.29 is 4.79 Å². The second-order valence-electron chi connectivity index (χ2n) is 4.26. The van der Waals surface area contributed by atoms with Crippen molar-refractivity contribution in [2.75, 3.05) is 5.73 Å². The van der Waals surface area contributed by atoms with Crippen molar-refractivity contribution >= 4 is 28.9 Å². The molecule has 3 rings (SSSR count). The van der Waals surface area contributed by atoms with Crippen LogP contribution >= 0.6 is 11.8 Å². The third-order valence-corrected chi connectivity index (χ3v) is 4.23. The monoisotopic (exact) mass is 268 g/mol. The van der Waals surface area contributed by atoms with Crippen molar-refractivity contribution in [3.63, 3.8) is 0 Å². The molecule has 0 saturated heterocycles. The van der Waals surface area contributed by atoms with E-state index < -0.39 is 0 Å². The molecule has 0 atom stereocenters. The van der Waals surface area contributed by atoms with Gasteiger partial charge in [0.2, 0.25) is 5.78 Å². The number of allylic oxidation sites excluding steroid dienone is 1. The van der Waals surface area contributed by atoms with E-state index in [4.69, 9.17) is 11.5 Å². The van der Waals surface area contributed by atoms with Crippen molar-refractivity contribution in [1.29, 1.82) is 0 Å². The topological polar surface area (TPSA) is 69.1 Å². The molecule has 4 heteroatoms. The van der Waals surface area contributed by atoms with Gasteiger partial charge in [0.05, 0.1) is 10.6 Å². The minimum absolute atomic E-state index is 0.0265. The average molecular weight is 268 g/mol. The van der Waals surface area contributed by atoms with Crippen LogP contribution in [0.2, 0.25) is 0 Å². The van der Waals surface area contributed by atoms with Gasteiger partial charge in [-0.05, 0) is 18.2 Å². The van der Waals surface area contributed by atoms with E-state index in [1.807, 2.05) is 42.5 Å². The molecule has 0 spiro atoms. The average Bonchev–Trinajstić information content (AvgIpc) is 2.77. The Labute approximate surface area is 115 Å². The van der Waals surface area contributed by atoms with Gasteiger partial charge in [-0.15, -0.1) is 0 Å². The van der Waals surface area contributed by atoms with Crippen LogP contribution in [-0.2, 0) is 0 Å². The van der Waals surface area contributed by atoms with Crippen LogP contribution in [0.15, 0.2) is 58.3 Å². The summed E-state index contributed by atoms with van der Waals surface area (Å²) in [6, 6.07) is 14.8. The van der Waals surface area contributed by atoms with E-state index in [9.17, 15) is 4.79 Å². The first-order chi connectivity index (χ1) is 9.18. The van der Waals surface area contributed by atoms with Crippen LogP contribution in [0.3, 0.4) is 0 Å². The van der Waals surface area contributed by atoms with Crippen LogP contribution in [0.4, 0.5) is 5.69 Å². The molecule has 0 fully saturated rings. The third kappa shape index (κ3) is 1.90. The van der Waals surface area contributed by atoms with Crippen molar-refractivity contribution in [2.45, 2.75) is 4.90 Å². The fourth-order valence-electron chi connectivity index (χ4n) is 2.06. The first kappa shape index (κ1) is 11.9. The third-order valence-electron chi connectivity index (χ3n) is 3.05. The number of anilines is 1. The lowest BCUT2D eigenvalue weighted by molar-refractivity contribution is 0.104. The van der Waals surface area contributed by atoms with E-state index in [1.54, 1.807) is 6.07 Å². The predicted octanol–water partition coefficient (Wildman–Crippen LogP) is 2.88. The van der Waals surface area contributed by atoms with Crippen molar-refractivity contribution in [3.05, 3.63) is 64.6 Å². The molecule has 19 heavy (non-hydrogen) atoms. The second-order valence-corrected chi connectivity index (χ2v) is 5.31. The summed E-state index contributed by atoms with van der Waals surface area (Å²) in [7, 11) is 0. The van der Waals surface area contributed by atoms with Gasteiger partial charge in [0.25, 0.3) is 0 Å². The summed E-state index contributed by atoms with van der Waals surface area (Å²) in [6.45, 7) is 0. The number of ketones is 1. The molecule has 4 N–H and O–H groups in total. The highest BCUT2D eigenvalue weighted by Crippen LogP contribution is 2.42. The molecule has 0 bridgehead atoms. The molecule has 1 heterocycles. The second kappa shape index (κ2) is 4.48. The summed E-state index contributed by atoms with van der Waals surface area (Å²) in [5.41, 5.74) is 14.5. The smallest absolute Gasteiger partial charge is 0.202 e. The Morgan fingerprint density at radius 3 is 2.42 bits per heavy atom. The molecule has 0 amide bonds. The Morgan fingerprint density at radius 1 is 1.00 bits per heavy atom. The molecule has 0 unspecified atom stereocenters. The van der Waals surface area contributed by atoms with Gasteiger partial charge in [0, 0.05) is 21.7 Å². The fraction of sp³-hybridized carbons (Fsp3) is 0. The van der Waals surface area contributed by atoms with Crippen LogP contribution in [0.1, 0.15) is 15.9 Å². The Balaban J connectivity index is 2.12. The Morgan fingerprint density at radius 2 is 1.68 bits per heavy atom. The maximum absolute atomic E-state index is 12.3. The molecule has 0 aliphatic carbocycles. The van der Waals surface area contributed by atoms with Gasteiger partial charge in [0.1, 0.15) is 0 Å². The first-order valence-electron chi connectivity index (χ1n) is 5.84. The standard InChI is InChI=1S/C15H12N2OS/c16-11-7-3-1-5-9(11)13(17)15-14(18)10-6-2-4-8-12(10)19-15/h1-8H,16-17H2. The van der Waals surface area contributed by atoms with Crippen molar-refractivity contribution in [2.24, 2.45) is 5.73 Å². The number of carbonyl (C=O) groups is 1. The summed E-state index contributed by atoms with van der Waals surface area (Å²) in [5, 5.41) is 0. The van der Waals surface area contributed by atoms with E-state index in [2.05, 4.69) is 0 Å². The van der Waals surface area contributed by atoms with Gasteiger partial charge < -0.3 is 11.5 Å². The summed E-state index contributed by atoms with van der Waals surface area (Å²) in [6.07, 6.45) is 0. The van der Waals surface area contributed by atoms with E-state index in [0.29, 0.717) is 27.4 Å². The molecular formula is C15H12N2OS. The lowest BCUT2D eigenvalue weighted by Crippen LogP contribution is -2.06. The summed E-state index contributed by atoms with van der Waals surface area (Å²) >= 11 is 1.41. The Kier molecular flexibility index (Phi) is 2.80. The van der Waals surface area contributed by atoms with E-state index in [0.717, 1.165) is 4.90 Å². The number of benzene rings is 2. The largest absolute Gasteiger partial charge is 0.398 e. The predicted molar refractivity (Wildman–Crippen MR) is 78.6 cm³/mol. The molecule has 2 aromatic rings. The zero-order valence-electron chi connectivity index (χ0n) is 10.1. The van der Waals surface area contributed by atoms with Gasteiger partial charge in [0.15, 0.2) is 0 Å². The lowest BCUT2D eigenvalue weighted by atomic mass is 10.1. The summed E-state index contributed by atoms with van der Waals surface area (Å²) < 4.78 is 0. The Bertz CT molecular complexity index is 707. The van der Waals surface area contributed by atoms with Gasteiger partial charge >= 0.3 is 0 Å². The van der Waals surface area contributed by atoms with E-state index in [-0.39, 0.29) is 5.78 Å². The number of carbonyl (C=O) groups excluding carboxylic acids is 1. The SMILES string of the molecule is NC(=C1Sc2ccccc2C1=O)c1ccccc1N. The molecule has 94 valence electrons. The van der Waals surface area contributed by atoms with E-state index in [1.165, 1.54) is 11.8 Å². The van der Waals surface area contributed by atoms with Gasteiger partial charge in [-0.25, -0.2) is 0 Å². The van der Waals surface area contributed by atoms with Gasteiger partial charge in [-0.1, -0.05) is 42.1 Å². The van der Waals surface area contributed by atoms with Crippen LogP contribution in [0.25, 0.3) is 5.70 Å². The molecule has 3 nitrogen and oxygen atoms in total. The Hall–Kier alpha value is -2.20. The van der Waals surface area contributed by atoms with Crippen LogP contribution in [0.5, 0.6) is 0 Å². The number of hydrogen-bond acceptors (Lipinski definition) is 4. The molecular weight excluding hydrogens is 256 g/mol. The molecule has 2 aromatic carbocycles.